The number of ether oxygens (including phenoxy) is 2. The second-order valence-electron chi connectivity index (χ2n) is 8.18. The minimum Gasteiger partial charge on any atom is -0.493 e. The highest BCUT2D eigenvalue weighted by atomic mass is 35.5. The van der Waals surface area contributed by atoms with Crippen LogP contribution >= 0.6 is 11.6 Å². The number of piperidine rings is 3. The van der Waals surface area contributed by atoms with Crippen LogP contribution in [0.2, 0.25) is 5.02 Å². The molecule has 3 fully saturated rings. The van der Waals surface area contributed by atoms with Crippen molar-refractivity contribution in [3.05, 3.63) is 53.1 Å². The summed E-state index contributed by atoms with van der Waals surface area (Å²) in [5.41, 5.74) is 3.08. The number of fused-ring (bicyclic) bond motifs is 4. The second-order valence-corrected chi connectivity index (χ2v) is 8.62. The van der Waals surface area contributed by atoms with Gasteiger partial charge < -0.3 is 14.8 Å². The van der Waals surface area contributed by atoms with E-state index in [9.17, 15) is 4.79 Å². The van der Waals surface area contributed by atoms with Gasteiger partial charge in [-0.05, 0) is 67.2 Å². The fourth-order valence-corrected chi connectivity index (χ4v) is 4.94. The van der Waals surface area contributed by atoms with Crippen molar-refractivity contribution in [1.82, 2.24) is 10.2 Å². The topological polar surface area (TPSA) is 50.8 Å². The normalized spacial score (nSPS) is 27.6. The first-order valence-electron chi connectivity index (χ1n) is 10.4. The number of benzene rings is 2. The molecule has 0 saturated carbocycles. The number of halogens is 1. The van der Waals surface area contributed by atoms with Gasteiger partial charge in [-0.25, -0.2) is 4.79 Å². The van der Waals surface area contributed by atoms with Gasteiger partial charge in [-0.2, -0.15) is 0 Å². The average Bonchev–Trinajstić information content (AvgIpc) is 2.74. The summed E-state index contributed by atoms with van der Waals surface area (Å²) in [4.78, 5) is 15.0. The molecular formula is C23H25ClN2O3. The first-order chi connectivity index (χ1) is 14.2. The highest BCUT2D eigenvalue weighted by Crippen LogP contribution is 2.36. The summed E-state index contributed by atoms with van der Waals surface area (Å²) in [6, 6.07) is 13.7. The Labute approximate surface area is 175 Å². The molecule has 1 amide bonds. The van der Waals surface area contributed by atoms with Crippen molar-refractivity contribution in [3.63, 3.8) is 0 Å². The van der Waals surface area contributed by atoms with Gasteiger partial charge in [-0.15, -0.1) is 0 Å². The van der Waals surface area contributed by atoms with Crippen LogP contribution in [0.5, 0.6) is 5.75 Å². The van der Waals surface area contributed by atoms with Crippen LogP contribution in [0.1, 0.15) is 30.9 Å². The SMILES string of the molecule is O=C(NC1CCOc2ccc(-c3cccc(Cl)c3)cc21)O[C@@H]1CN2CCC1CC2. The van der Waals surface area contributed by atoms with Crippen molar-refractivity contribution in [2.24, 2.45) is 5.92 Å². The number of nitrogens with one attached hydrogen (secondary N) is 1. The van der Waals surface area contributed by atoms with Gasteiger partial charge >= 0.3 is 6.09 Å². The molecule has 2 bridgehead atoms. The van der Waals surface area contributed by atoms with Crippen LogP contribution in [0.3, 0.4) is 0 Å². The summed E-state index contributed by atoms with van der Waals surface area (Å²) in [7, 11) is 0. The third-order valence-corrected chi connectivity index (χ3v) is 6.59. The first kappa shape index (κ1) is 18.8. The minimum absolute atomic E-state index is 0.00889. The Bertz CT molecular complexity index is 911. The van der Waals surface area contributed by atoms with Gasteiger partial charge in [0, 0.05) is 23.6 Å². The fraction of sp³-hybridized carbons (Fsp3) is 0.435. The van der Waals surface area contributed by atoms with E-state index >= 15 is 0 Å². The van der Waals surface area contributed by atoms with E-state index < -0.39 is 0 Å². The largest absolute Gasteiger partial charge is 0.493 e. The zero-order chi connectivity index (χ0) is 19.8. The lowest BCUT2D eigenvalue weighted by Crippen LogP contribution is -2.52. The predicted molar refractivity (Wildman–Crippen MR) is 112 cm³/mol. The van der Waals surface area contributed by atoms with Crippen molar-refractivity contribution in [2.45, 2.75) is 31.4 Å². The van der Waals surface area contributed by atoms with Gasteiger partial charge in [0.2, 0.25) is 0 Å². The number of carbonyl (C=O) groups is 1. The molecule has 2 aromatic rings. The molecule has 4 aliphatic heterocycles. The Morgan fingerprint density at radius 3 is 2.69 bits per heavy atom. The Hall–Kier alpha value is -2.24. The molecule has 6 rings (SSSR count). The van der Waals surface area contributed by atoms with E-state index in [1.165, 1.54) is 0 Å². The lowest BCUT2D eigenvalue weighted by Gasteiger charge is -2.44. The lowest BCUT2D eigenvalue weighted by atomic mass is 9.86. The molecule has 0 aromatic heterocycles. The highest BCUT2D eigenvalue weighted by Gasteiger charge is 2.37. The summed E-state index contributed by atoms with van der Waals surface area (Å²) < 4.78 is 11.6. The summed E-state index contributed by atoms with van der Waals surface area (Å²) in [6.45, 7) is 3.70. The minimum atomic E-state index is -0.324. The van der Waals surface area contributed by atoms with E-state index in [1.54, 1.807) is 0 Å². The number of hydrogen-bond acceptors (Lipinski definition) is 4. The van der Waals surface area contributed by atoms with Crippen molar-refractivity contribution in [2.75, 3.05) is 26.2 Å². The van der Waals surface area contributed by atoms with Gasteiger partial charge in [0.25, 0.3) is 0 Å². The van der Waals surface area contributed by atoms with Crippen LogP contribution in [0, 0.1) is 5.92 Å². The molecule has 4 aliphatic rings. The van der Waals surface area contributed by atoms with E-state index in [4.69, 9.17) is 21.1 Å². The van der Waals surface area contributed by atoms with Gasteiger partial charge in [-0.1, -0.05) is 29.8 Å². The molecule has 29 heavy (non-hydrogen) atoms. The zero-order valence-corrected chi connectivity index (χ0v) is 17.0. The molecule has 2 aromatic carbocycles. The van der Waals surface area contributed by atoms with Crippen molar-refractivity contribution < 1.29 is 14.3 Å². The van der Waals surface area contributed by atoms with Gasteiger partial charge in [0.1, 0.15) is 11.9 Å². The van der Waals surface area contributed by atoms with Crippen molar-refractivity contribution in [3.8, 4) is 16.9 Å². The molecule has 4 heterocycles. The summed E-state index contributed by atoms with van der Waals surface area (Å²) in [5.74, 6) is 1.32. The summed E-state index contributed by atoms with van der Waals surface area (Å²) in [5, 5.41) is 3.79. The van der Waals surface area contributed by atoms with Crippen LogP contribution in [0.4, 0.5) is 4.79 Å². The Kier molecular flexibility index (Phi) is 5.10. The van der Waals surface area contributed by atoms with Gasteiger partial charge in [0.15, 0.2) is 0 Å². The van der Waals surface area contributed by atoms with Gasteiger partial charge in [0.05, 0.1) is 12.6 Å². The monoisotopic (exact) mass is 412 g/mol. The van der Waals surface area contributed by atoms with Crippen LogP contribution < -0.4 is 10.1 Å². The fourth-order valence-electron chi connectivity index (χ4n) is 4.75. The third kappa shape index (κ3) is 3.94. The third-order valence-electron chi connectivity index (χ3n) is 6.35. The van der Waals surface area contributed by atoms with Crippen LogP contribution in [-0.2, 0) is 4.74 Å². The molecular weight excluding hydrogens is 388 g/mol. The molecule has 2 atom stereocenters. The van der Waals surface area contributed by atoms with E-state index in [2.05, 4.69) is 16.3 Å². The molecule has 3 saturated heterocycles. The number of alkyl carbamates (subject to hydrolysis) is 1. The maximum atomic E-state index is 12.7. The summed E-state index contributed by atoms with van der Waals surface area (Å²) >= 11 is 6.15. The van der Waals surface area contributed by atoms with Crippen molar-refractivity contribution in [1.29, 1.82) is 0 Å². The van der Waals surface area contributed by atoms with Gasteiger partial charge in [-0.3, -0.25) is 4.90 Å². The Morgan fingerprint density at radius 2 is 1.93 bits per heavy atom. The molecule has 0 radical (unpaired) electrons. The predicted octanol–water partition coefficient (Wildman–Crippen LogP) is 4.65. The van der Waals surface area contributed by atoms with Crippen molar-refractivity contribution >= 4 is 17.7 Å². The Morgan fingerprint density at radius 1 is 1.10 bits per heavy atom. The molecule has 0 aliphatic carbocycles. The smallest absolute Gasteiger partial charge is 0.407 e. The van der Waals surface area contributed by atoms with Crippen LogP contribution in [-0.4, -0.2) is 43.3 Å². The number of nitrogens with zero attached hydrogens (tertiary/aromatic N) is 1. The molecule has 1 N–H and O–H groups in total. The average molecular weight is 413 g/mol. The van der Waals surface area contributed by atoms with E-state index in [0.717, 1.165) is 61.3 Å². The van der Waals surface area contributed by atoms with E-state index in [1.807, 2.05) is 36.4 Å². The molecule has 0 spiro atoms. The second kappa shape index (κ2) is 7.88. The number of rotatable bonds is 3. The lowest BCUT2D eigenvalue weighted by molar-refractivity contribution is -0.0342. The van der Waals surface area contributed by atoms with Crippen LogP contribution in [0.25, 0.3) is 11.1 Å². The number of hydrogen-bond donors (Lipinski definition) is 1. The molecule has 6 heteroatoms. The van der Waals surface area contributed by atoms with E-state index in [-0.39, 0.29) is 18.2 Å². The maximum absolute atomic E-state index is 12.7. The number of amides is 1. The van der Waals surface area contributed by atoms with E-state index in [0.29, 0.717) is 17.5 Å². The molecule has 1 unspecified atom stereocenters. The molecule has 152 valence electrons. The number of carbonyl (C=O) groups excluding carboxylic acids is 1. The Balaban J connectivity index is 1.32. The van der Waals surface area contributed by atoms with Crippen LogP contribution in [0.15, 0.2) is 42.5 Å². The summed E-state index contributed by atoms with van der Waals surface area (Å²) in [6.07, 6.45) is 2.66. The first-order valence-corrected chi connectivity index (χ1v) is 10.8. The molecule has 5 nitrogen and oxygen atoms in total. The maximum Gasteiger partial charge on any atom is 0.407 e. The zero-order valence-electron chi connectivity index (χ0n) is 16.3. The standard InChI is InChI=1S/C23H25ClN2O3/c24-18-3-1-2-16(12-18)17-4-5-21-19(13-17)20(8-11-28-21)25-23(27)29-22-14-26-9-6-15(22)7-10-26/h1-5,12-13,15,20,22H,6-11,14H2,(H,25,27)/t20?,22-/m1/s1. The highest BCUT2D eigenvalue weighted by molar-refractivity contribution is 6.30. The quantitative estimate of drug-likeness (QED) is 0.797.